The van der Waals surface area contributed by atoms with Gasteiger partial charge in [0.15, 0.2) is 0 Å². The van der Waals surface area contributed by atoms with Crippen LogP contribution < -0.4 is 26.5 Å². The normalized spacial score (nSPS) is 15.4. The van der Waals surface area contributed by atoms with Gasteiger partial charge in [0.1, 0.15) is 0 Å². The first-order valence-electron chi connectivity index (χ1n) is 9.98. The van der Waals surface area contributed by atoms with Gasteiger partial charge >= 0.3 is 0 Å². The predicted octanol–water partition coefficient (Wildman–Crippen LogP) is 4.16. The van der Waals surface area contributed by atoms with E-state index in [0.29, 0.717) is 0 Å². The number of nitrogens with one attached hydrogen (secondary N) is 2. The minimum absolute atomic E-state index is 0.600. The molecule has 3 heteroatoms. The first kappa shape index (κ1) is 16.8. The van der Waals surface area contributed by atoms with Crippen molar-refractivity contribution < 1.29 is 0 Å². The second kappa shape index (κ2) is 7.37. The van der Waals surface area contributed by atoms with Crippen LogP contribution in [0.2, 0.25) is 0 Å². The summed E-state index contributed by atoms with van der Waals surface area (Å²) >= 11 is 0. The third kappa shape index (κ3) is 3.13. The fourth-order valence-corrected chi connectivity index (χ4v) is 6.99. The number of para-hydroxylation sites is 2. The van der Waals surface area contributed by atoms with Crippen molar-refractivity contribution in [3.63, 3.8) is 0 Å². The number of anilines is 2. The molecular formula is C24H25N2P. The Morgan fingerprint density at radius 1 is 0.593 bits per heavy atom. The van der Waals surface area contributed by atoms with Crippen molar-refractivity contribution in [2.24, 2.45) is 0 Å². The molecule has 2 aliphatic rings. The molecule has 0 radical (unpaired) electrons. The molecule has 5 rings (SSSR count). The zero-order valence-corrected chi connectivity index (χ0v) is 16.4. The van der Waals surface area contributed by atoms with Gasteiger partial charge in [-0.3, -0.25) is 0 Å². The third-order valence-corrected chi connectivity index (χ3v) is 8.13. The van der Waals surface area contributed by atoms with Crippen LogP contribution in [0.25, 0.3) is 0 Å². The Kier molecular flexibility index (Phi) is 4.59. The van der Waals surface area contributed by atoms with E-state index in [1.54, 1.807) is 0 Å². The van der Waals surface area contributed by atoms with Crippen LogP contribution in [0.4, 0.5) is 11.4 Å². The second-order valence-corrected chi connectivity index (χ2v) is 9.50. The number of fused-ring (bicyclic) bond motifs is 2. The number of hydrogen-bond donors (Lipinski definition) is 2. The maximum Gasteiger partial charge on any atom is 0.0457 e. The summed E-state index contributed by atoms with van der Waals surface area (Å²) in [5.74, 6) is 0. The second-order valence-electron chi connectivity index (χ2n) is 7.35. The number of benzene rings is 3. The Morgan fingerprint density at radius 3 is 1.70 bits per heavy atom. The molecule has 136 valence electrons. The molecule has 0 saturated carbocycles. The Balaban J connectivity index is 1.73. The molecule has 2 heterocycles. The Hall–Kier alpha value is -2.31. The quantitative estimate of drug-likeness (QED) is 0.675. The van der Waals surface area contributed by atoms with Crippen LogP contribution in [0.15, 0.2) is 66.7 Å². The van der Waals surface area contributed by atoms with Gasteiger partial charge in [0.05, 0.1) is 0 Å². The van der Waals surface area contributed by atoms with Crippen molar-refractivity contribution >= 4 is 35.2 Å². The van der Waals surface area contributed by atoms with Crippen LogP contribution >= 0.6 is 7.92 Å². The van der Waals surface area contributed by atoms with Crippen molar-refractivity contribution in [3.8, 4) is 0 Å². The molecule has 0 amide bonds. The largest absolute Gasteiger partial charge is 0.384 e. The first-order chi connectivity index (χ1) is 13.4. The van der Waals surface area contributed by atoms with E-state index in [-0.39, 0.29) is 0 Å². The Morgan fingerprint density at radius 2 is 1.15 bits per heavy atom. The topological polar surface area (TPSA) is 24.1 Å². The number of rotatable bonds is 3. The van der Waals surface area contributed by atoms with E-state index < -0.39 is 7.92 Å². The average molecular weight is 372 g/mol. The highest BCUT2D eigenvalue weighted by Gasteiger charge is 2.26. The van der Waals surface area contributed by atoms with E-state index in [4.69, 9.17) is 0 Å². The molecule has 3 aromatic rings. The fraction of sp³-hybridized carbons (Fsp3) is 0.250. The smallest absolute Gasteiger partial charge is 0.0457 e. The zero-order chi connectivity index (χ0) is 18.1. The van der Waals surface area contributed by atoms with Gasteiger partial charge in [-0.15, -0.1) is 0 Å². The summed E-state index contributed by atoms with van der Waals surface area (Å²) in [7, 11) is -0.600. The molecule has 27 heavy (non-hydrogen) atoms. The molecule has 0 spiro atoms. The first-order valence-corrected chi connectivity index (χ1v) is 11.3. The lowest BCUT2D eigenvalue weighted by Crippen LogP contribution is -2.29. The lowest BCUT2D eigenvalue weighted by Gasteiger charge is -2.30. The van der Waals surface area contributed by atoms with E-state index in [1.165, 1.54) is 64.1 Å². The summed E-state index contributed by atoms with van der Waals surface area (Å²) in [6.45, 7) is 2.15. The van der Waals surface area contributed by atoms with Crippen molar-refractivity contribution in [2.45, 2.75) is 25.7 Å². The summed E-state index contributed by atoms with van der Waals surface area (Å²) in [6, 6.07) is 24.9. The van der Waals surface area contributed by atoms with E-state index in [2.05, 4.69) is 77.4 Å². The van der Waals surface area contributed by atoms with Gasteiger partial charge in [0.25, 0.3) is 0 Å². The van der Waals surface area contributed by atoms with Gasteiger partial charge in [0.2, 0.25) is 0 Å². The Labute approximate surface area is 162 Å². The van der Waals surface area contributed by atoms with E-state index in [9.17, 15) is 0 Å². The van der Waals surface area contributed by atoms with Crippen molar-refractivity contribution in [3.05, 3.63) is 77.9 Å². The van der Waals surface area contributed by atoms with Gasteiger partial charge in [0, 0.05) is 35.1 Å². The third-order valence-electron chi connectivity index (χ3n) is 5.60. The molecular weight excluding hydrogens is 347 g/mol. The lowest BCUT2D eigenvalue weighted by molar-refractivity contribution is 0.832. The van der Waals surface area contributed by atoms with Crippen LogP contribution in [0, 0.1) is 0 Å². The standard InChI is InChI=1S/C24H25N2P/c1-2-12-20(13-3-1)27(21-14-4-8-18-10-6-16-25-23(18)21)22-15-5-9-19-11-7-17-26-24(19)22/h1-5,8-9,12-15,25-26H,6-7,10-11,16-17H2. The predicted molar refractivity (Wildman–Crippen MR) is 119 cm³/mol. The van der Waals surface area contributed by atoms with Crippen LogP contribution in [-0.2, 0) is 12.8 Å². The highest BCUT2D eigenvalue weighted by molar-refractivity contribution is 7.80. The molecule has 2 N–H and O–H groups in total. The van der Waals surface area contributed by atoms with Crippen molar-refractivity contribution in [1.82, 2.24) is 0 Å². The average Bonchev–Trinajstić information content (AvgIpc) is 2.75. The van der Waals surface area contributed by atoms with E-state index in [0.717, 1.165) is 13.1 Å². The molecule has 0 saturated heterocycles. The summed E-state index contributed by atoms with van der Waals surface area (Å²) in [6.07, 6.45) is 4.81. The molecule has 0 unspecified atom stereocenters. The molecule has 0 aromatic heterocycles. The van der Waals surface area contributed by atoms with Crippen LogP contribution in [0.1, 0.15) is 24.0 Å². The van der Waals surface area contributed by atoms with Gasteiger partial charge in [-0.25, -0.2) is 0 Å². The van der Waals surface area contributed by atoms with Gasteiger partial charge in [-0.1, -0.05) is 66.7 Å². The summed E-state index contributed by atoms with van der Waals surface area (Å²) in [4.78, 5) is 0. The van der Waals surface area contributed by atoms with Gasteiger partial charge in [-0.05, 0) is 50.0 Å². The minimum atomic E-state index is -0.600. The molecule has 2 aliphatic heterocycles. The highest BCUT2D eigenvalue weighted by atomic mass is 31.1. The summed E-state index contributed by atoms with van der Waals surface area (Å²) in [5, 5.41) is 11.8. The molecule has 0 fully saturated rings. The van der Waals surface area contributed by atoms with Crippen LogP contribution in [-0.4, -0.2) is 13.1 Å². The van der Waals surface area contributed by atoms with Crippen LogP contribution in [0.5, 0.6) is 0 Å². The maximum absolute atomic E-state index is 3.73. The van der Waals surface area contributed by atoms with Crippen LogP contribution in [0.3, 0.4) is 0 Å². The Bertz CT molecular complexity index is 892. The maximum atomic E-state index is 3.73. The SMILES string of the molecule is c1ccc(P(c2cccc3c2NCCC3)c2cccc3c2NCCC3)cc1. The molecule has 3 aromatic carbocycles. The van der Waals surface area contributed by atoms with Gasteiger partial charge in [-0.2, -0.15) is 0 Å². The molecule has 0 bridgehead atoms. The minimum Gasteiger partial charge on any atom is -0.384 e. The number of aryl methyl sites for hydroxylation is 2. The summed E-state index contributed by atoms with van der Waals surface area (Å²) < 4.78 is 0. The zero-order valence-electron chi connectivity index (χ0n) is 15.5. The lowest BCUT2D eigenvalue weighted by atomic mass is 10.0. The number of hydrogen-bond acceptors (Lipinski definition) is 2. The summed E-state index contributed by atoms with van der Waals surface area (Å²) in [5.41, 5.74) is 5.71. The monoisotopic (exact) mass is 372 g/mol. The van der Waals surface area contributed by atoms with E-state index in [1.807, 2.05) is 0 Å². The van der Waals surface area contributed by atoms with Crippen molar-refractivity contribution in [1.29, 1.82) is 0 Å². The molecule has 0 atom stereocenters. The van der Waals surface area contributed by atoms with Gasteiger partial charge < -0.3 is 10.6 Å². The highest BCUT2D eigenvalue weighted by Crippen LogP contribution is 2.41. The van der Waals surface area contributed by atoms with Crippen molar-refractivity contribution in [2.75, 3.05) is 23.7 Å². The fourth-order valence-electron chi connectivity index (χ4n) is 4.34. The molecule has 0 aliphatic carbocycles. The molecule has 2 nitrogen and oxygen atoms in total. The van der Waals surface area contributed by atoms with E-state index >= 15 is 0 Å².